The number of carbonyl (C=O) groups is 1. The van der Waals surface area contributed by atoms with Crippen LogP contribution in [0.25, 0.3) is 0 Å². The molecule has 5 unspecified atom stereocenters. The molecule has 2 amide bonds. The molecule has 5 atom stereocenters. The van der Waals surface area contributed by atoms with Crippen molar-refractivity contribution >= 4 is 6.03 Å². The van der Waals surface area contributed by atoms with Crippen LogP contribution in [0.3, 0.4) is 0 Å². The third-order valence-corrected chi connectivity index (χ3v) is 2.65. The van der Waals surface area contributed by atoms with Gasteiger partial charge in [0.1, 0.15) is 6.23 Å². The van der Waals surface area contributed by atoms with Gasteiger partial charge >= 0.3 is 6.03 Å². The van der Waals surface area contributed by atoms with Gasteiger partial charge in [0.2, 0.25) is 6.29 Å². The van der Waals surface area contributed by atoms with Crippen molar-refractivity contribution in [1.82, 2.24) is 10.2 Å². The molecular weight excluding hydrogens is 244 g/mol. The molecule has 8 heteroatoms. The number of nitrogens with zero attached hydrogens (tertiary/aromatic N) is 1. The topological polar surface area (TPSA) is 122 Å². The Bertz CT molecular complexity index is 288. The summed E-state index contributed by atoms with van der Waals surface area (Å²) in [5.41, 5.74) is 0. The fourth-order valence-electron chi connectivity index (χ4n) is 1.58. The third-order valence-electron chi connectivity index (χ3n) is 2.65. The second-order valence-corrected chi connectivity index (χ2v) is 4.47. The Labute approximate surface area is 105 Å². The summed E-state index contributed by atoms with van der Waals surface area (Å²) in [5.74, 6) is -0.290. The van der Waals surface area contributed by atoms with Crippen molar-refractivity contribution in [3.63, 3.8) is 0 Å². The summed E-state index contributed by atoms with van der Waals surface area (Å²) >= 11 is 0. The highest BCUT2D eigenvalue weighted by atomic mass is 16.6. The van der Waals surface area contributed by atoms with Crippen LogP contribution < -0.4 is 5.32 Å². The van der Waals surface area contributed by atoms with Crippen molar-refractivity contribution in [2.24, 2.45) is 5.92 Å². The molecule has 18 heavy (non-hydrogen) atoms. The van der Waals surface area contributed by atoms with Gasteiger partial charge in [0.05, 0.1) is 12.7 Å². The van der Waals surface area contributed by atoms with Crippen LogP contribution >= 0.6 is 0 Å². The van der Waals surface area contributed by atoms with Crippen LogP contribution in [0.5, 0.6) is 0 Å². The van der Waals surface area contributed by atoms with Crippen LogP contribution in [0.2, 0.25) is 0 Å². The first-order valence-corrected chi connectivity index (χ1v) is 5.74. The Kier molecular flexibility index (Phi) is 5.29. The summed E-state index contributed by atoms with van der Waals surface area (Å²) in [5, 5.41) is 40.5. The van der Waals surface area contributed by atoms with Crippen LogP contribution in [-0.2, 0) is 4.74 Å². The van der Waals surface area contributed by atoms with Crippen molar-refractivity contribution in [2.45, 2.75) is 38.7 Å². The number of carbonyl (C=O) groups excluding carboxylic acids is 1. The minimum atomic E-state index is -1.71. The van der Waals surface area contributed by atoms with Crippen LogP contribution in [0.1, 0.15) is 13.8 Å². The molecule has 1 fully saturated rings. The summed E-state index contributed by atoms with van der Waals surface area (Å²) in [7, 11) is 0. The zero-order valence-corrected chi connectivity index (χ0v) is 10.4. The van der Waals surface area contributed by atoms with E-state index in [4.69, 9.17) is 9.84 Å². The highest BCUT2D eigenvalue weighted by molar-refractivity contribution is 5.75. The fourth-order valence-corrected chi connectivity index (χ4v) is 1.58. The molecule has 0 aromatic carbocycles. The lowest BCUT2D eigenvalue weighted by Crippen LogP contribution is -2.62. The van der Waals surface area contributed by atoms with E-state index in [9.17, 15) is 20.1 Å². The van der Waals surface area contributed by atoms with Crippen LogP contribution in [0, 0.1) is 5.92 Å². The summed E-state index contributed by atoms with van der Waals surface area (Å²) in [6.07, 6.45) is -5.43. The lowest BCUT2D eigenvalue weighted by atomic mass is 10.1. The standard InChI is InChI=1S/C10H20N2O6/c1-5-3-11-10(17)12(7(5)14)8(15)9(16)18-4-6(2)13/h5-9,13-16H,3-4H2,1-2H3,(H,11,17). The molecule has 0 spiro atoms. The maximum atomic E-state index is 11.5. The number of aliphatic hydroxyl groups excluding tert-OH is 4. The van der Waals surface area contributed by atoms with E-state index in [0.29, 0.717) is 4.90 Å². The third kappa shape index (κ3) is 3.53. The minimum Gasteiger partial charge on any atom is -0.391 e. The van der Waals surface area contributed by atoms with E-state index in [1.54, 1.807) is 6.92 Å². The number of urea groups is 1. The van der Waals surface area contributed by atoms with Gasteiger partial charge < -0.3 is 30.5 Å². The number of hydrogen-bond acceptors (Lipinski definition) is 6. The van der Waals surface area contributed by atoms with E-state index in [-0.39, 0.29) is 19.1 Å². The van der Waals surface area contributed by atoms with E-state index < -0.39 is 30.9 Å². The maximum absolute atomic E-state index is 11.5. The van der Waals surface area contributed by atoms with Crippen LogP contribution in [0.4, 0.5) is 4.79 Å². The summed E-state index contributed by atoms with van der Waals surface area (Å²) in [4.78, 5) is 12.2. The zero-order valence-electron chi connectivity index (χ0n) is 10.4. The van der Waals surface area contributed by atoms with Crippen molar-refractivity contribution < 1.29 is 30.0 Å². The first kappa shape index (κ1) is 15.1. The molecule has 8 nitrogen and oxygen atoms in total. The van der Waals surface area contributed by atoms with Gasteiger partial charge in [-0.15, -0.1) is 0 Å². The molecule has 1 aliphatic heterocycles. The Morgan fingerprint density at radius 3 is 2.67 bits per heavy atom. The Morgan fingerprint density at radius 2 is 2.11 bits per heavy atom. The van der Waals surface area contributed by atoms with Gasteiger partial charge in [-0.2, -0.15) is 0 Å². The van der Waals surface area contributed by atoms with Crippen molar-refractivity contribution in [3.8, 4) is 0 Å². The quantitative estimate of drug-likeness (QED) is 0.366. The molecule has 0 aromatic rings. The van der Waals surface area contributed by atoms with E-state index in [1.807, 2.05) is 0 Å². The summed E-state index contributed by atoms with van der Waals surface area (Å²) in [6.45, 7) is 3.23. The molecule has 1 heterocycles. The Hall–Kier alpha value is -0.930. The number of ether oxygens (including phenoxy) is 1. The fraction of sp³-hybridized carbons (Fsp3) is 0.900. The average Bonchev–Trinajstić information content (AvgIpc) is 2.31. The number of hydrogen-bond donors (Lipinski definition) is 5. The Morgan fingerprint density at radius 1 is 1.50 bits per heavy atom. The monoisotopic (exact) mass is 264 g/mol. The predicted molar refractivity (Wildman–Crippen MR) is 60.1 cm³/mol. The number of nitrogens with one attached hydrogen (secondary N) is 1. The van der Waals surface area contributed by atoms with Gasteiger partial charge in [-0.05, 0) is 6.92 Å². The van der Waals surface area contributed by atoms with E-state index in [1.165, 1.54) is 6.92 Å². The van der Waals surface area contributed by atoms with Crippen molar-refractivity contribution in [2.75, 3.05) is 13.2 Å². The number of aliphatic hydroxyl groups is 4. The first-order chi connectivity index (χ1) is 8.34. The van der Waals surface area contributed by atoms with Gasteiger partial charge in [0, 0.05) is 12.5 Å². The molecule has 0 radical (unpaired) electrons. The molecule has 5 N–H and O–H groups in total. The molecular formula is C10H20N2O6. The van der Waals surface area contributed by atoms with E-state index in [2.05, 4.69) is 5.32 Å². The van der Waals surface area contributed by atoms with Gasteiger partial charge in [0.25, 0.3) is 0 Å². The molecule has 1 aliphatic rings. The highest BCUT2D eigenvalue weighted by Gasteiger charge is 2.39. The molecule has 0 bridgehead atoms. The lowest BCUT2D eigenvalue weighted by molar-refractivity contribution is -0.230. The molecule has 0 aliphatic carbocycles. The van der Waals surface area contributed by atoms with Crippen LogP contribution in [-0.4, -0.2) is 69.4 Å². The average molecular weight is 264 g/mol. The normalized spacial score (nSPS) is 29.7. The predicted octanol–water partition coefficient (Wildman–Crippen LogP) is -2.00. The maximum Gasteiger partial charge on any atom is 0.321 e. The highest BCUT2D eigenvalue weighted by Crippen LogP contribution is 2.17. The van der Waals surface area contributed by atoms with Crippen molar-refractivity contribution in [3.05, 3.63) is 0 Å². The van der Waals surface area contributed by atoms with Crippen LogP contribution in [0.15, 0.2) is 0 Å². The van der Waals surface area contributed by atoms with E-state index >= 15 is 0 Å². The minimum absolute atomic E-state index is 0.195. The molecule has 0 saturated carbocycles. The smallest absolute Gasteiger partial charge is 0.321 e. The summed E-state index contributed by atoms with van der Waals surface area (Å²) < 4.78 is 4.77. The Balaban J connectivity index is 2.62. The second kappa shape index (κ2) is 6.30. The molecule has 0 aromatic heterocycles. The van der Waals surface area contributed by atoms with Gasteiger partial charge in [-0.1, -0.05) is 6.92 Å². The molecule has 1 rings (SSSR count). The zero-order chi connectivity index (χ0) is 13.9. The first-order valence-electron chi connectivity index (χ1n) is 5.74. The molecule has 106 valence electrons. The lowest BCUT2D eigenvalue weighted by Gasteiger charge is -2.40. The number of rotatable bonds is 5. The molecule has 1 saturated heterocycles. The second-order valence-electron chi connectivity index (χ2n) is 4.47. The van der Waals surface area contributed by atoms with Gasteiger partial charge in [-0.3, -0.25) is 4.90 Å². The van der Waals surface area contributed by atoms with E-state index in [0.717, 1.165) is 0 Å². The van der Waals surface area contributed by atoms with Gasteiger partial charge in [0.15, 0.2) is 6.23 Å². The number of amides is 2. The van der Waals surface area contributed by atoms with Gasteiger partial charge in [-0.25, -0.2) is 4.79 Å². The largest absolute Gasteiger partial charge is 0.391 e. The SMILES string of the molecule is CC(O)COC(O)C(O)N1C(=O)NCC(C)C1O. The van der Waals surface area contributed by atoms with Crippen molar-refractivity contribution in [1.29, 1.82) is 0 Å². The summed E-state index contributed by atoms with van der Waals surface area (Å²) in [6, 6.07) is -0.687.